The Labute approximate surface area is 154 Å². The van der Waals surface area contributed by atoms with Gasteiger partial charge in [0.25, 0.3) is 0 Å². The third kappa shape index (κ3) is 4.43. The lowest BCUT2D eigenvalue weighted by atomic mass is 9.98. The lowest BCUT2D eigenvalue weighted by molar-refractivity contribution is 0.768. The Hall–Kier alpha value is -2.72. The van der Waals surface area contributed by atoms with Crippen LogP contribution >= 0.6 is 12.2 Å². The predicted octanol–water partition coefficient (Wildman–Crippen LogP) is 4.77. The molecule has 3 rings (SSSR count). The number of hydrogen-bond donors (Lipinski definition) is 2. The molecule has 25 heavy (non-hydrogen) atoms. The van der Waals surface area contributed by atoms with Gasteiger partial charge in [-0.3, -0.25) is 0 Å². The van der Waals surface area contributed by atoms with Crippen LogP contribution in [0.4, 0.5) is 5.82 Å². The van der Waals surface area contributed by atoms with E-state index in [9.17, 15) is 0 Å². The summed E-state index contributed by atoms with van der Waals surface area (Å²) in [6.45, 7) is 4.09. The Morgan fingerprint density at radius 1 is 0.880 bits per heavy atom. The molecule has 0 fully saturated rings. The topological polar surface area (TPSA) is 37.0 Å². The van der Waals surface area contributed by atoms with Crippen molar-refractivity contribution < 1.29 is 0 Å². The van der Waals surface area contributed by atoms with Crippen LogP contribution in [0, 0.1) is 13.8 Å². The number of hydrogen-bond acceptors (Lipinski definition) is 2. The second-order valence-electron chi connectivity index (χ2n) is 6.02. The largest absolute Gasteiger partial charge is 0.351 e. The minimum Gasteiger partial charge on any atom is -0.351 e. The first kappa shape index (κ1) is 17.1. The fourth-order valence-electron chi connectivity index (χ4n) is 2.65. The van der Waals surface area contributed by atoms with E-state index in [1.54, 1.807) is 6.20 Å². The molecule has 0 saturated heterocycles. The second-order valence-corrected chi connectivity index (χ2v) is 6.43. The van der Waals surface area contributed by atoms with Gasteiger partial charge in [-0.05, 0) is 48.8 Å². The molecule has 4 heteroatoms. The molecule has 3 nitrogen and oxygen atoms in total. The quantitative estimate of drug-likeness (QED) is 0.666. The number of nitrogens with zero attached hydrogens (tertiary/aromatic N) is 1. The van der Waals surface area contributed by atoms with E-state index in [0.29, 0.717) is 5.11 Å². The van der Waals surface area contributed by atoms with Crippen LogP contribution in [0.3, 0.4) is 0 Å². The molecular weight excluding hydrogens is 326 g/mol. The maximum Gasteiger partial charge on any atom is 0.172 e. The Bertz CT molecular complexity index is 845. The van der Waals surface area contributed by atoms with Gasteiger partial charge in [0, 0.05) is 6.20 Å². The fraction of sp³-hybridized carbons (Fsp3) is 0.143. The molecule has 2 aromatic carbocycles. The first-order valence-electron chi connectivity index (χ1n) is 8.24. The van der Waals surface area contributed by atoms with Gasteiger partial charge < -0.3 is 10.6 Å². The minimum atomic E-state index is -0.0224. The van der Waals surface area contributed by atoms with E-state index in [2.05, 4.69) is 58.9 Å². The smallest absolute Gasteiger partial charge is 0.172 e. The molecular formula is C21H21N3S. The molecule has 0 aliphatic rings. The number of rotatable bonds is 4. The van der Waals surface area contributed by atoms with Crippen LogP contribution in [0.2, 0.25) is 0 Å². The van der Waals surface area contributed by atoms with E-state index in [-0.39, 0.29) is 6.04 Å². The van der Waals surface area contributed by atoms with Gasteiger partial charge in [-0.1, -0.05) is 66.2 Å². The van der Waals surface area contributed by atoms with Gasteiger partial charge in [0.2, 0.25) is 0 Å². The van der Waals surface area contributed by atoms with E-state index in [1.807, 2.05) is 37.3 Å². The van der Waals surface area contributed by atoms with Gasteiger partial charge in [-0.15, -0.1) is 0 Å². The molecule has 0 amide bonds. The zero-order chi connectivity index (χ0) is 17.6. The number of thiocarbonyl (C=S) groups is 1. The van der Waals surface area contributed by atoms with Crippen LogP contribution in [0.1, 0.15) is 28.3 Å². The van der Waals surface area contributed by atoms with Crippen molar-refractivity contribution >= 4 is 23.1 Å². The molecule has 2 N–H and O–H groups in total. The zero-order valence-electron chi connectivity index (χ0n) is 14.4. The normalized spacial score (nSPS) is 11.6. The Balaban J connectivity index is 1.84. The third-order valence-corrected chi connectivity index (χ3v) is 4.28. The van der Waals surface area contributed by atoms with Crippen LogP contribution in [-0.2, 0) is 0 Å². The molecule has 1 atom stereocenters. The van der Waals surface area contributed by atoms with Crippen LogP contribution in [0.5, 0.6) is 0 Å². The van der Waals surface area contributed by atoms with E-state index < -0.39 is 0 Å². The van der Waals surface area contributed by atoms with Gasteiger partial charge >= 0.3 is 0 Å². The molecule has 0 spiro atoms. The zero-order valence-corrected chi connectivity index (χ0v) is 15.2. The third-order valence-electron chi connectivity index (χ3n) is 4.06. The summed E-state index contributed by atoms with van der Waals surface area (Å²) in [6.07, 6.45) is 1.76. The van der Waals surface area contributed by atoms with Crippen LogP contribution in [-0.4, -0.2) is 10.1 Å². The Morgan fingerprint density at radius 2 is 1.56 bits per heavy atom. The van der Waals surface area contributed by atoms with Crippen LogP contribution < -0.4 is 10.6 Å². The summed E-state index contributed by atoms with van der Waals surface area (Å²) in [6, 6.07) is 22.7. The second kappa shape index (κ2) is 7.90. The van der Waals surface area contributed by atoms with Gasteiger partial charge in [0.1, 0.15) is 5.82 Å². The highest BCUT2D eigenvalue weighted by molar-refractivity contribution is 7.80. The SMILES string of the molecule is Cc1ccc([C@H](NC(=S)Nc2ncccc2C)c2ccccc2)cc1. The summed E-state index contributed by atoms with van der Waals surface area (Å²) < 4.78 is 0. The van der Waals surface area contributed by atoms with Crippen molar-refractivity contribution in [3.8, 4) is 0 Å². The van der Waals surface area contributed by atoms with Gasteiger partial charge in [0.15, 0.2) is 5.11 Å². The van der Waals surface area contributed by atoms with Crippen molar-refractivity contribution in [3.05, 3.63) is 95.2 Å². The highest BCUT2D eigenvalue weighted by Crippen LogP contribution is 2.22. The van der Waals surface area contributed by atoms with Crippen molar-refractivity contribution in [1.29, 1.82) is 0 Å². The van der Waals surface area contributed by atoms with Crippen molar-refractivity contribution in [2.75, 3.05) is 5.32 Å². The molecule has 126 valence electrons. The number of nitrogens with one attached hydrogen (secondary N) is 2. The standard InChI is InChI=1S/C21H21N3S/c1-15-10-12-18(13-11-15)19(17-8-4-3-5-9-17)23-21(25)24-20-16(2)7-6-14-22-20/h3-14,19H,1-2H3,(H2,22,23,24,25)/t19-/m1/s1. The van der Waals surface area contributed by atoms with Gasteiger partial charge in [0.05, 0.1) is 6.04 Å². The summed E-state index contributed by atoms with van der Waals surface area (Å²) in [5, 5.41) is 7.18. The molecule has 0 aliphatic carbocycles. The van der Waals surface area contributed by atoms with Crippen molar-refractivity contribution in [2.24, 2.45) is 0 Å². The van der Waals surface area contributed by atoms with E-state index >= 15 is 0 Å². The fourth-order valence-corrected chi connectivity index (χ4v) is 2.87. The van der Waals surface area contributed by atoms with Crippen molar-refractivity contribution in [1.82, 2.24) is 10.3 Å². The Morgan fingerprint density at radius 3 is 2.24 bits per heavy atom. The molecule has 3 aromatic rings. The van der Waals surface area contributed by atoms with Gasteiger partial charge in [-0.25, -0.2) is 4.98 Å². The number of pyridine rings is 1. The van der Waals surface area contributed by atoms with E-state index in [0.717, 1.165) is 16.9 Å². The maximum atomic E-state index is 5.54. The lowest BCUT2D eigenvalue weighted by Crippen LogP contribution is -2.33. The number of aromatic nitrogens is 1. The summed E-state index contributed by atoms with van der Waals surface area (Å²) in [7, 11) is 0. The average molecular weight is 347 g/mol. The van der Waals surface area contributed by atoms with Crippen molar-refractivity contribution in [3.63, 3.8) is 0 Å². The number of aryl methyl sites for hydroxylation is 2. The first-order valence-corrected chi connectivity index (χ1v) is 8.65. The number of anilines is 1. The molecule has 0 saturated carbocycles. The minimum absolute atomic E-state index is 0.0224. The van der Waals surface area contributed by atoms with Crippen LogP contribution in [0.25, 0.3) is 0 Å². The molecule has 1 heterocycles. The predicted molar refractivity (Wildman–Crippen MR) is 108 cm³/mol. The maximum absolute atomic E-state index is 5.54. The monoisotopic (exact) mass is 347 g/mol. The molecule has 0 aliphatic heterocycles. The first-order chi connectivity index (χ1) is 12.1. The van der Waals surface area contributed by atoms with E-state index in [4.69, 9.17) is 12.2 Å². The molecule has 0 bridgehead atoms. The van der Waals surface area contributed by atoms with Crippen molar-refractivity contribution in [2.45, 2.75) is 19.9 Å². The van der Waals surface area contributed by atoms with E-state index in [1.165, 1.54) is 11.1 Å². The molecule has 1 aromatic heterocycles. The lowest BCUT2D eigenvalue weighted by Gasteiger charge is -2.22. The van der Waals surface area contributed by atoms with Crippen LogP contribution in [0.15, 0.2) is 72.9 Å². The summed E-state index contributed by atoms with van der Waals surface area (Å²) >= 11 is 5.54. The molecule has 0 radical (unpaired) electrons. The number of benzene rings is 2. The molecule has 0 unspecified atom stereocenters. The average Bonchev–Trinajstić information content (AvgIpc) is 2.63. The summed E-state index contributed by atoms with van der Waals surface area (Å²) in [5.74, 6) is 0.774. The Kier molecular flexibility index (Phi) is 5.41. The van der Waals surface area contributed by atoms with Gasteiger partial charge in [-0.2, -0.15) is 0 Å². The highest BCUT2D eigenvalue weighted by atomic mass is 32.1. The summed E-state index contributed by atoms with van der Waals surface area (Å²) in [5.41, 5.74) is 4.62. The highest BCUT2D eigenvalue weighted by Gasteiger charge is 2.15. The summed E-state index contributed by atoms with van der Waals surface area (Å²) in [4.78, 5) is 4.34.